The quantitative estimate of drug-likeness (QED) is 0.759. The highest BCUT2D eigenvalue weighted by Gasteiger charge is 2.27. The summed E-state index contributed by atoms with van der Waals surface area (Å²) in [5, 5.41) is 0.555. The first-order valence-corrected chi connectivity index (χ1v) is 9.50. The summed E-state index contributed by atoms with van der Waals surface area (Å²) in [6, 6.07) is 6.97. The number of rotatable bonds is 3. The number of thiazole rings is 1. The van der Waals surface area contributed by atoms with Crippen molar-refractivity contribution in [3.05, 3.63) is 50.2 Å². The number of benzene rings is 1. The normalized spacial score (nSPS) is 15.8. The molecule has 3 nitrogen and oxygen atoms in total. The fourth-order valence-corrected chi connectivity index (χ4v) is 4.20. The highest BCUT2D eigenvalue weighted by Crippen LogP contribution is 2.33. The van der Waals surface area contributed by atoms with Crippen LogP contribution < -0.4 is 4.80 Å². The van der Waals surface area contributed by atoms with Crippen LogP contribution in [0, 0.1) is 12.8 Å². The van der Waals surface area contributed by atoms with Crippen molar-refractivity contribution in [1.29, 1.82) is 0 Å². The van der Waals surface area contributed by atoms with Gasteiger partial charge in [-0.15, -0.1) is 11.3 Å². The van der Waals surface area contributed by atoms with Crippen molar-refractivity contribution in [1.82, 2.24) is 4.57 Å². The number of nitrogens with zero attached hydrogens (tertiary/aromatic N) is 2. The van der Waals surface area contributed by atoms with Crippen LogP contribution in [-0.2, 0) is 12.0 Å². The molecule has 1 aliphatic rings. The van der Waals surface area contributed by atoms with Crippen molar-refractivity contribution >= 4 is 28.8 Å². The Bertz CT molecular complexity index is 838. The molecule has 0 atom stereocenters. The van der Waals surface area contributed by atoms with Crippen LogP contribution in [0.25, 0.3) is 0 Å². The minimum Gasteiger partial charge on any atom is -0.320 e. The zero-order valence-electron chi connectivity index (χ0n) is 14.6. The number of carbonyl (C=O) groups is 1. The van der Waals surface area contributed by atoms with E-state index in [1.165, 1.54) is 23.4 Å². The Kier molecular flexibility index (Phi) is 4.71. The average molecular weight is 363 g/mol. The third-order valence-electron chi connectivity index (χ3n) is 4.25. The molecule has 1 aromatic heterocycles. The molecular weight excluding hydrogens is 340 g/mol. The molecule has 1 saturated carbocycles. The van der Waals surface area contributed by atoms with Crippen molar-refractivity contribution in [3.8, 4) is 0 Å². The summed E-state index contributed by atoms with van der Waals surface area (Å²) in [5.74, 6) is 0.495. The van der Waals surface area contributed by atoms with Crippen LogP contribution in [-0.4, -0.2) is 10.5 Å². The second kappa shape index (κ2) is 6.49. The molecule has 1 amide bonds. The lowest BCUT2D eigenvalue weighted by molar-refractivity contribution is 0.0997. The standard InChI is InChI=1S/C19H23ClN2OS/c1-12-16(19(2,3)4)24-18(22(12)11-13-8-9-13)21-17(23)14-6-5-7-15(20)10-14/h5-7,10,13H,8-9,11H2,1-4H3. The van der Waals surface area contributed by atoms with Crippen molar-refractivity contribution < 1.29 is 4.79 Å². The molecule has 0 bridgehead atoms. The van der Waals surface area contributed by atoms with E-state index < -0.39 is 0 Å². The van der Waals surface area contributed by atoms with Gasteiger partial charge in [0.15, 0.2) is 4.80 Å². The van der Waals surface area contributed by atoms with Crippen LogP contribution in [0.15, 0.2) is 29.3 Å². The van der Waals surface area contributed by atoms with Gasteiger partial charge in [0.25, 0.3) is 5.91 Å². The fraction of sp³-hybridized carbons (Fsp3) is 0.474. The lowest BCUT2D eigenvalue weighted by Crippen LogP contribution is -2.19. The van der Waals surface area contributed by atoms with Crippen molar-refractivity contribution in [2.75, 3.05) is 0 Å². The predicted molar refractivity (Wildman–Crippen MR) is 99.8 cm³/mol. The Hall–Kier alpha value is -1.39. The van der Waals surface area contributed by atoms with Crippen molar-refractivity contribution in [3.63, 3.8) is 0 Å². The first kappa shape index (κ1) is 17.4. The van der Waals surface area contributed by atoms with Crippen LogP contribution in [0.5, 0.6) is 0 Å². The zero-order chi connectivity index (χ0) is 17.5. The molecule has 1 aliphatic carbocycles. The molecule has 0 aliphatic heterocycles. The van der Waals surface area contributed by atoms with Crippen LogP contribution in [0.3, 0.4) is 0 Å². The summed E-state index contributed by atoms with van der Waals surface area (Å²) in [6.07, 6.45) is 2.55. The zero-order valence-corrected chi connectivity index (χ0v) is 16.2. The van der Waals surface area contributed by atoms with Gasteiger partial charge in [0, 0.05) is 27.7 Å². The summed E-state index contributed by atoms with van der Waals surface area (Å²) in [7, 11) is 0. The second-order valence-corrected chi connectivity index (χ2v) is 8.94. The molecule has 1 aromatic carbocycles. The number of hydrogen-bond donors (Lipinski definition) is 0. The van der Waals surface area contributed by atoms with Crippen LogP contribution in [0.2, 0.25) is 5.02 Å². The second-order valence-electron chi connectivity index (χ2n) is 7.53. The van der Waals surface area contributed by atoms with E-state index in [9.17, 15) is 4.79 Å². The maximum absolute atomic E-state index is 12.6. The first-order valence-electron chi connectivity index (χ1n) is 8.31. The molecule has 128 valence electrons. The summed E-state index contributed by atoms with van der Waals surface area (Å²) < 4.78 is 2.23. The van der Waals surface area contributed by atoms with E-state index in [4.69, 9.17) is 11.6 Å². The Labute approximate surface area is 152 Å². The lowest BCUT2D eigenvalue weighted by atomic mass is 9.93. The molecule has 0 saturated heterocycles. The topological polar surface area (TPSA) is 34.4 Å². The van der Waals surface area contributed by atoms with Crippen LogP contribution in [0.4, 0.5) is 0 Å². The summed E-state index contributed by atoms with van der Waals surface area (Å²) >= 11 is 7.63. The first-order chi connectivity index (χ1) is 11.3. The predicted octanol–water partition coefficient (Wildman–Crippen LogP) is 4.96. The Morgan fingerprint density at radius 2 is 2.08 bits per heavy atom. The van der Waals surface area contributed by atoms with Crippen molar-refractivity contribution in [2.45, 2.75) is 52.5 Å². The number of carbonyl (C=O) groups excluding carboxylic acids is 1. The van der Waals surface area contributed by atoms with E-state index in [1.54, 1.807) is 35.6 Å². The summed E-state index contributed by atoms with van der Waals surface area (Å²) in [4.78, 5) is 19.1. The van der Waals surface area contributed by atoms with Crippen LogP contribution in [0.1, 0.15) is 54.5 Å². The molecule has 0 unspecified atom stereocenters. The molecule has 0 spiro atoms. The summed E-state index contributed by atoms with van der Waals surface area (Å²) in [5.41, 5.74) is 1.81. The molecule has 0 radical (unpaired) electrons. The van der Waals surface area contributed by atoms with Gasteiger partial charge in [-0.1, -0.05) is 38.4 Å². The molecular formula is C19H23ClN2OS. The van der Waals surface area contributed by atoms with Gasteiger partial charge in [-0.25, -0.2) is 0 Å². The van der Waals surface area contributed by atoms with Gasteiger partial charge in [-0.3, -0.25) is 4.79 Å². The average Bonchev–Trinajstić information content (AvgIpc) is 3.25. The SMILES string of the molecule is Cc1c(C(C)(C)C)sc(=NC(=O)c2cccc(Cl)c2)n1CC1CC1. The maximum atomic E-state index is 12.6. The Balaban J connectivity index is 2.06. The van der Waals surface area contributed by atoms with Gasteiger partial charge in [-0.2, -0.15) is 4.99 Å². The highest BCUT2D eigenvalue weighted by molar-refractivity contribution is 7.09. The molecule has 24 heavy (non-hydrogen) atoms. The molecule has 0 N–H and O–H groups in total. The fourth-order valence-electron chi connectivity index (χ4n) is 2.81. The van der Waals surface area contributed by atoms with E-state index in [1.807, 2.05) is 0 Å². The molecule has 1 fully saturated rings. The van der Waals surface area contributed by atoms with E-state index >= 15 is 0 Å². The third kappa shape index (κ3) is 3.81. The van der Waals surface area contributed by atoms with Gasteiger partial charge in [0.05, 0.1) is 0 Å². The van der Waals surface area contributed by atoms with Gasteiger partial charge >= 0.3 is 0 Å². The number of hydrogen-bond acceptors (Lipinski definition) is 2. The maximum Gasteiger partial charge on any atom is 0.279 e. The molecule has 2 aromatic rings. The van der Waals surface area contributed by atoms with Gasteiger partial charge < -0.3 is 4.57 Å². The van der Waals surface area contributed by atoms with Gasteiger partial charge in [0.1, 0.15) is 0 Å². The summed E-state index contributed by atoms with van der Waals surface area (Å²) in [6.45, 7) is 9.71. The Morgan fingerprint density at radius 1 is 1.38 bits per heavy atom. The molecule has 1 heterocycles. The third-order valence-corrected chi connectivity index (χ3v) is 6.09. The minimum atomic E-state index is -0.233. The van der Waals surface area contributed by atoms with E-state index in [0.717, 1.165) is 17.3 Å². The highest BCUT2D eigenvalue weighted by atomic mass is 35.5. The monoisotopic (exact) mass is 362 g/mol. The minimum absolute atomic E-state index is 0.0485. The largest absolute Gasteiger partial charge is 0.320 e. The molecule has 3 rings (SSSR count). The number of aromatic nitrogens is 1. The van der Waals surface area contributed by atoms with E-state index in [-0.39, 0.29) is 11.3 Å². The molecule has 5 heteroatoms. The Morgan fingerprint density at radius 3 is 2.67 bits per heavy atom. The van der Waals surface area contributed by atoms with E-state index in [0.29, 0.717) is 10.6 Å². The van der Waals surface area contributed by atoms with Gasteiger partial charge in [0.2, 0.25) is 0 Å². The van der Waals surface area contributed by atoms with E-state index in [2.05, 4.69) is 37.3 Å². The smallest absolute Gasteiger partial charge is 0.279 e. The van der Waals surface area contributed by atoms with Crippen molar-refractivity contribution in [2.24, 2.45) is 10.9 Å². The lowest BCUT2D eigenvalue weighted by Gasteiger charge is -2.17. The van der Waals surface area contributed by atoms with Crippen LogP contribution >= 0.6 is 22.9 Å². The number of amides is 1. The number of halogens is 1. The van der Waals surface area contributed by atoms with Gasteiger partial charge in [-0.05, 0) is 49.3 Å².